The zero-order chi connectivity index (χ0) is 34.3. The first-order valence-corrected chi connectivity index (χ1v) is 18.2. The number of nitrogens with zero attached hydrogens (tertiary/aromatic N) is 4. The Bertz CT molecular complexity index is 1530. The van der Waals surface area contributed by atoms with Crippen LogP contribution in [0.25, 0.3) is 22.4 Å². The van der Waals surface area contributed by atoms with E-state index in [1.165, 1.54) is 0 Å². The number of benzene rings is 3. The summed E-state index contributed by atoms with van der Waals surface area (Å²) in [5.74, 6) is 2.93. The van der Waals surface area contributed by atoms with Gasteiger partial charge in [0.05, 0.1) is 30.9 Å². The number of ether oxygens (including phenoxy) is 3. The highest BCUT2D eigenvalue weighted by molar-refractivity contribution is 6.30. The number of phenols is 1. The van der Waals surface area contributed by atoms with Gasteiger partial charge in [0.15, 0.2) is 5.75 Å². The van der Waals surface area contributed by atoms with Gasteiger partial charge in [-0.3, -0.25) is 0 Å². The van der Waals surface area contributed by atoms with Crippen LogP contribution in [0.5, 0.6) is 23.0 Å². The van der Waals surface area contributed by atoms with Crippen LogP contribution in [0.15, 0.2) is 54.6 Å². The van der Waals surface area contributed by atoms with E-state index in [0.29, 0.717) is 47.7 Å². The molecule has 0 fully saturated rings. The molecule has 0 aliphatic rings. The molecule has 0 radical (unpaired) electrons. The molecule has 1 N–H and O–H groups in total. The second-order valence-corrected chi connectivity index (χ2v) is 12.5. The Morgan fingerprint density at radius 3 is 2.00 bits per heavy atom. The lowest BCUT2D eigenvalue weighted by Gasteiger charge is -2.18. The number of phenolic OH excluding ortho intramolecular Hbond substituents is 1. The van der Waals surface area contributed by atoms with Gasteiger partial charge in [0.25, 0.3) is 0 Å². The summed E-state index contributed by atoms with van der Waals surface area (Å²) in [5.41, 5.74) is 3.52. The molecule has 0 bridgehead atoms. The average molecular weight is 679 g/mol. The van der Waals surface area contributed by atoms with E-state index in [2.05, 4.69) is 55.1 Å². The summed E-state index contributed by atoms with van der Waals surface area (Å²) in [6.45, 7) is 19.5. The van der Waals surface area contributed by atoms with Gasteiger partial charge in [0, 0.05) is 49.3 Å². The molecule has 4 aromatic rings. The Kier molecular flexibility index (Phi) is 15.2. The monoisotopic (exact) mass is 678 g/mol. The highest BCUT2D eigenvalue weighted by Crippen LogP contribution is 2.38. The van der Waals surface area contributed by atoms with Crippen LogP contribution in [-0.2, 0) is 13.0 Å². The maximum Gasteiger partial charge on any atom is 0.150 e. The topological polar surface area (TPSA) is 72.2 Å². The first-order valence-electron chi connectivity index (χ1n) is 17.9. The largest absolute Gasteiger partial charge is 0.507 e. The summed E-state index contributed by atoms with van der Waals surface area (Å²) in [7, 11) is 0. The van der Waals surface area contributed by atoms with Gasteiger partial charge < -0.3 is 33.7 Å². The van der Waals surface area contributed by atoms with Crippen LogP contribution >= 0.6 is 11.6 Å². The Hall–Kier alpha value is -3.46. The molecule has 9 heteroatoms. The number of hydrogen-bond acceptors (Lipinski definition) is 7. The minimum Gasteiger partial charge on any atom is -0.507 e. The number of hydrogen-bond donors (Lipinski definition) is 1. The van der Waals surface area contributed by atoms with Gasteiger partial charge >= 0.3 is 0 Å². The van der Waals surface area contributed by atoms with Crippen molar-refractivity contribution in [3.05, 3.63) is 65.2 Å². The quantitative estimate of drug-likeness (QED) is 0.0834. The number of unbranched alkanes of at least 4 members (excludes halogenated alkanes) is 1. The molecule has 262 valence electrons. The molecule has 3 aromatic carbocycles. The lowest BCUT2D eigenvalue weighted by Crippen LogP contribution is -2.25. The lowest BCUT2D eigenvalue weighted by molar-refractivity contribution is 0.243. The molecule has 0 amide bonds. The molecule has 0 spiro atoms. The smallest absolute Gasteiger partial charge is 0.150 e. The van der Waals surface area contributed by atoms with Crippen LogP contribution in [0.4, 0.5) is 0 Å². The minimum absolute atomic E-state index is 0.126. The number of halogens is 1. The van der Waals surface area contributed by atoms with Gasteiger partial charge in [0.2, 0.25) is 0 Å². The van der Waals surface area contributed by atoms with Crippen molar-refractivity contribution in [2.45, 2.75) is 73.3 Å². The van der Waals surface area contributed by atoms with Crippen molar-refractivity contribution in [1.82, 2.24) is 19.4 Å². The molecule has 1 aromatic heterocycles. The predicted molar refractivity (Wildman–Crippen MR) is 198 cm³/mol. The van der Waals surface area contributed by atoms with Crippen LogP contribution in [0.1, 0.15) is 65.9 Å². The van der Waals surface area contributed by atoms with E-state index in [4.69, 9.17) is 30.8 Å². The summed E-state index contributed by atoms with van der Waals surface area (Å²) in [6.07, 6.45) is 4.61. The highest BCUT2D eigenvalue weighted by Gasteiger charge is 2.20. The van der Waals surface area contributed by atoms with Crippen LogP contribution < -0.4 is 14.2 Å². The Morgan fingerprint density at radius 2 is 1.38 bits per heavy atom. The second-order valence-electron chi connectivity index (χ2n) is 12.1. The van der Waals surface area contributed by atoms with Gasteiger partial charge in [-0.15, -0.1) is 0 Å². The fraction of sp³-hybridized carbons (Fsp3) is 0.513. The third-order valence-electron chi connectivity index (χ3n) is 8.86. The van der Waals surface area contributed by atoms with E-state index in [1.807, 2.05) is 42.5 Å². The molecule has 0 aliphatic carbocycles. The van der Waals surface area contributed by atoms with Crippen molar-refractivity contribution in [2.24, 2.45) is 0 Å². The summed E-state index contributed by atoms with van der Waals surface area (Å²) < 4.78 is 21.0. The van der Waals surface area contributed by atoms with E-state index in [-0.39, 0.29) is 5.75 Å². The van der Waals surface area contributed by atoms with Gasteiger partial charge in [-0.2, -0.15) is 0 Å². The fourth-order valence-corrected chi connectivity index (χ4v) is 5.99. The van der Waals surface area contributed by atoms with Gasteiger partial charge in [-0.1, -0.05) is 64.8 Å². The lowest BCUT2D eigenvalue weighted by atomic mass is 10.1. The number of fused-ring (bicyclic) bond motifs is 1. The second kappa shape index (κ2) is 19.5. The zero-order valence-corrected chi connectivity index (χ0v) is 30.4. The zero-order valence-electron chi connectivity index (χ0n) is 29.6. The Balaban J connectivity index is 1.61. The van der Waals surface area contributed by atoms with Crippen molar-refractivity contribution in [2.75, 3.05) is 59.1 Å². The number of imidazole rings is 1. The number of rotatable bonds is 22. The maximum absolute atomic E-state index is 11.3. The third-order valence-corrected chi connectivity index (χ3v) is 9.12. The molecule has 0 unspecified atom stereocenters. The van der Waals surface area contributed by atoms with Crippen LogP contribution in [0, 0.1) is 0 Å². The number of aromatic hydroxyl groups is 1. The Morgan fingerprint density at radius 1 is 0.729 bits per heavy atom. The minimum atomic E-state index is 0.126. The van der Waals surface area contributed by atoms with E-state index < -0.39 is 0 Å². The molecular weight excluding hydrogens is 624 g/mol. The first-order chi connectivity index (χ1) is 23.4. The summed E-state index contributed by atoms with van der Waals surface area (Å²) in [5, 5.41) is 12.0. The van der Waals surface area contributed by atoms with Crippen molar-refractivity contribution in [3.63, 3.8) is 0 Å². The summed E-state index contributed by atoms with van der Waals surface area (Å²) in [4.78, 5) is 9.93. The molecule has 8 nitrogen and oxygen atoms in total. The fourth-order valence-electron chi connectivity index (χ4n) is 5.86. The average Bonchev–Trinajstić information content (AvgIpc) is 3.46. The van der Waals surface area contributed by atoms with Gasteiger partial charge in [-0.05, 0) is 75.3 Å². The molecule has 4 rings (SSSR count). The number of aromatic nitrogens is 2. The van der Waals surface area contributed by atoms with E-state index in [9.17, 15) is 5.11 Å². The van der Waals surface area contributed by atoms with Crippen molar-refractivity contribution in [3.8, 4) is 34.4 Å². The Labute approximate surface area is 292 Å². The predicted octanol–water partition coefficient (Wildman–Crippen LogP) is 8.71. The SMILES string of the molecule is CCCCn1c(-c2ccc(OCCc3ccc(Cl)cc3)cc2O)nc2c(OCCCN(CC)CC)cc(OCCCN(CC)CC)cc21. The molecule has 0 saturated heterocycles. The molecule has 48 heavy (non-hydrogen) atoms. The van der Waals surface area contributed by atoms with Crippen LogP contribution in [0.3, 0.4) is 0 Å². The molecular formula is C39H55ClN4O4. The van der Waals surface area contributed by atoms with E-state index >= 15 is 0 Å². The molecule has 0 atom stereocenters. The molecule has 0 saturated carbocycles. The van der Waals surface area contributed by atoms with Crippen molar-refractivity contribution >= 4 is 22.6 Å². The van der Waals surface area contributed by atoms with Gasteiger partial charge in [0.1, 0.15) is 28.6 Å². The maximum atomic E-state index is 11.3. The summed E-state index contributed by atoms with van der Waals surface area (Å²) >= 11 is 6.02. The summed E-state index contributed by atoms with van der Waals surface area (Å²) in [6, 6.07) is 17.3. The molecule has 1 heterocycles. The van der Waals surface area contributed by atoms with E-state index in [0.717, 1.165) is 100 Å². The van der Waals surface area contributed by atoms with Crippen LogP contribution in [-0.4, -0.2) is 83.5 Å². The molecule has 0 aliphatic heterocycles. The van der Waals surface area contributed by atoms with Crippen molar-refractivity contribution in [1.29, 1.82) is 0 Å². The van der Waals surface area contributed by atoms with E-state index in [1.54, 1.807) is 6.07 Å². The standard InChI is InChI=1S/C39H55ClN4O4/c1-6-11-23-44-35-27-33(46-24-12-21-42(7-2)8-3)29-37(48-25-13-22-43(9-4)10-5)38(35)41-39(44)34-19-18-32(28-36(34)45)47-26-20-30-14-16-31(40)17-15-30/h14-19,27-29,45H,6-13,20-26H2,1-5H3. The normalized spacial score (nSPS) is 11.6. The highest BCUT2D eigenvalue weighted by atomic mass is 35.5. The van der Waals surface area contributed by atoms with Crippen molar-refractivity contribution < 1.29 is 19.3 Å². The van der Waals surface area contributed by atoms with Gasteiger partial charge in [-0.25, -0.2) is 4.98 Å². The number of aryl methyl sites for hydroxylation is 1. The van der Waals surface area contributed by atoms with Crippen LogP contribution in [0.2, 0.25) is 5.02 Å². The third kappa shape index (κ3) is 10.5. The first kappa shape index (κ1) is 37.4.